The molecule has 0 spiro atoms. The molecule has 8 nitrogen and oxygen atoms in total. The first-order valence-corrected chi connectivity index (χ1v) is 9.77. The van der Waals surface area contributed by atoms with E-state index in [0.29, 0.717) is 18.0 Å². The van der Waals surface area contributed by atoms with Gasteiger partial charge in [-0.2, -0.15) is 13.2 Å². The van der Waals surface area contributed by atoms with Crippen molar-refractivity contribution in [2.75, 3.05) is 32.5 Å². The minimum atomic E-state index is -4.61. The number of anilines is 1. The molecule has 2 heterocycles. The molecule has 176 valence electrons. The predicted octanol–water partition coefficient (Wildman–Crippen LogP) is 4.59. The van der Waals surface area contributed by atoms with Crippen LogP contribution in [0.2, 0.25) is 10.0 Å². The topological polar surface area (TPSA) is 87.2 Å². The maximum atomic E-state index is 12.8. The molecule has 0 amide bonds. The Balaban J connectivity index is 1.93. The third kappa shape index (κ3) is 5.32. The standard InChI is InChI=1S/C20H15Cl2F3N2O6/c1-30-18(28)12-8-32-9-27(16(12)19(29)31-2)11-3-4-15(13(21)6-11)33-17-14(22)5-10(7-26-17)20(23,24)25/h3-7H,8-9H2,1-2H3. The van der Waals surface area contributed by atoms with Gasteiger partial charge in [-0.15, -0.1) is 0 Å². The molecule has 1 aliphatic rings. The molecular weight excluding hydrogens is 492 g/mol. The molecule has 0 N–H and O–H groups in total. The fourth-order valence-corrected chi connectivity index (χ4v) is 3.27. The van der Waals surface area contributed by atoms with E-state index in [2.05, 4.69) is 4.98 Å². The number of ether oxygens (including phenoxy) is 4. The molecule has 0 bridgehead atoms. The molecule has 0 unspecified atom stereocenters. The van der Waals surface area contributed by atoms with Crippen LogP contribution in [0.1, 0.15) is 5.56 Å². The molecule has 1 aliphatic heterocycles. The Bertz CT molecular complexity index is 1120. The Morgan fingerprint density at radius 3 is 2.36 bits per heavy atom. The first kappa shape index (κ1) is 24.6. The molecule has 33 heavy (non-hydrogen) atoms. The summed E-state index contributed by atoms with van der Waals surface area (Å²) in [5.41, 5.74) is -0.837. The zero-order valence-corrected chi connectivity index (χ0v) is 18.5. The second-order valence-corrected chi connectivity index (χ2v) is 7.26. The van der Waals surface area contributed by atoms with Gasteiger partial charge in [0.1, 0.15) is 23.2 Å². The molecular formula is C20H15Cl2F3N2O6. The maximum Gasteiger partial charge on any atom is 0.417 e. The van der Waals surface area contributed by atoms with Crippen LogP contribution < -0.4 is 9.64 Å². The van der Waals surface area contributed by atoms with Crippen molar-refractivity contribution < 1.29 is 41.7 Å². The van der Waals surface area contributed by atoms with Crippen LogP contribution in [0.3, 0.4) is 0 Å². The zero-order valence-electron chi connectivity index (χ0n) is 17.0. The summed E-state index contributed by atoms with van der Waals surface area (Å²) in [5, 5.41) is -0.354. The lowest BCUT2D eigenvalue weighted by molar-refractivity contribution is -0.140. The van der Waals surface area contributed by atoms with Crippen LogP contribution in [0.4, 0.5) is 18.9 Å². The average Bonchev–Trinajstić information content (AvgIpc) is 2.79. The minimum absolute atomic E-state index is 0.0136. The number of hydrogen-bond acceptors (Lipinski definition) is 8. The fourth-order valence-electron chi connectivity index (χ4n) is 2.85. The summed E-state index contributed by atoms with van der Waals surface area (Å²) in [6.45, 7) is -0.269. The fraction of sp³-hybridized carbons (Fsp3) is 0.250. The van der Waals surface area contributed by atoms with Gasteiger partial charge in [-0.05, 0) is 24.3 Å². The largest absolute Gasteiger partial charge is 0.466 e. The van der Waals surface area contributed by atoms with E-state index in [0.717, 1.165) is 14.2 Å². The summed E-state index contributed by atoms with van der Waals surface area (Å²) in [6, 6.07) is 4.93. The number of hydrogen-bond donors (Lipinski definition) is 0. The van der Waals surface area contributed by atoms with E-state index in [-0.39, 0.29) is 46.3 Å². The third-order valence-electron chi connectivity index (χ3n) is 4.40. The number of carbonyl (C=O) groups is 2. The van der Waals surface area contributed by atoms with E-state index in [9.17, 15) is 22.8 Å². The molecule has 0 saturated heterocycles. The van der Waals surface area contributed by atoms with Gasteiger partial charge in [-0.3, -0.25) is 0 Å². The van der Waals surface area contributed by atoms with Crippen molar-refractivity contribution in [3.63, 3.8) is 0 Å². The van der Waals surface area contributed by atoms with Crippen molar-refractivity contribution >= 4 is 40.8 Å². The Kier molecular flexibility index (Phi) is 7.35. The third-order valence-corrected chi connectivity index (χ3v) is 4.97. The second kappa shape index (κ2) is 9.86. The number of esters is 2. The molecule has 13 heteroatoms. The summed E-state index contributed by atoms with van der Waals surface area (Å²) in [6.07, 6.45) is -4.03. The van der Waals surface area contributed by atoms with Gasteiger partial charge in [-0.25, -0.2) is 14.6 Å². The lowest BCUT2D eigenvalue weighted by atomic mass is 10.1. The van der Waals surface area contributed by atoms with Gasteiger partial charge in [0.15, 0.2) is 0 Å². The minimum Gasteiger partial charge on any atom is -0.466 e. The van der Waals surface area contributed by atoms with E-state index in [4.69, 9.17) is 42.1 Å². The number of benzene rings is 1. The molecule has 0 radical (unpaired) electrons. The number of aromatic nitrogens is 1. The van der Waals surface area contributed by atoms with Crippen LogP contribution in [-0.2, 0) is 30.0 Å². The SMILES string of the molecule is COC(=O)C1=C(C(=O)OC)N(c2ccc(Oc3ncc(C(F)(F)F)cc3Cl)c(Cl)c2)COC1. The molecule has 1 aromatic heterocycles. The van der Waals surface area contributed by atoms with Crippen LogP contribution >= 0.6 is 23.2 Å². The van der Waals surface area contributed by atoms with Gasteiger partial charge in [0, 0.05) is 11.9 Å². The van der Waals surface area contributed by atoms with Gasteiger partial charge < -0.3 is 23.8 Å². The van der Waals surface area contributed by atoms with Crippen LogP contribution in [0.5, 0.6) is 11.6 Å². The Morgan fingerprint density at radius 1 is 1.09 bits per heavy atom. The van der Waals surface area contributed by atoms with Crippen molar-refractivity contribution in [3.8, 4) is 11.6 Å². The van der Waals surface area contributed by atoms with Gasteiger partial charge in [0.05, 0.1) is 37.0 Å². The van der Waals surface area contributed by atoms with Crippen molar-refractivity contribution in [2.24, 2.45) is 0 Å². The summed E-state index contributed by atoms with van der Waals surface area (Å²) in [7, 11) is 2.31. The first-order chi connectivity index (χ1) is 15.6. The molecule has 1 aromatic carbocycles. The summed E-state index contributed by atoms with van der Waals surface area (Å²) in [5.74, 6) is -1.82. The van der Waals surface area contributed by atoms with Gasteiger partial charge >= 0.3 is 18.1 Å². The van der Waals surface area contributed by atoms with E-state index >= 15 is 0 Å². The van der Waals surface area contributed by atoms with Crippen molar-refractivity contribution in [1.82, 2.24) is 4.98 Å². The number of methoxy groups -OCH3 is 2. The van der Waals surface area contributed by atoms with E-state index in [1.807, 2.05) is 0 Å². The highest BCUT2D eigenvalue weighted by Crippen LogP contribution is 2.38. The summed E-state index contributed by atoms with van der Waals surface area (Å²) >= 11 is 12.1. The lowest BCUT2D eigenvalue weighted by Crippen LogP contribution is -2.38. The number of pyridine rings is 1. The quantitative estimate of drug-likeness (QED) is 0.544. The van der Waals surface area contributed by atoms with Crippen LogP contribution in [0.25, 0.3) is 0 Å². The van der Waals surface area contributed by atoms with Crippen molar-refractivity contribution in [3.05, 3.63) is 57.3 Å². The Hall–Kier alpha value is -3.02. The van der Waals surface area contributed by atoms with Crippen LogP contribution in [0.15, 0.2) is 41.7 Å². The average molecular weight is 507 g/mol. The highest BCUT2D eigenvalue weighted by Gasteiger charge is 2.33. The first-order valence-electron chi connectivity index (χ1n) is 9.02. The van der Waals surface area contributed by atoms with Crippen molar-refractivity contribution in [2.45, 2.75) is 6.18 Å². The molecule has 0 atom stereocenters. The molecule has 0 saturated carbocycles. The van der Waals surface area contributed by atoms with E-state index < -0.39 is 23.7 Å². The van der Waals surface area contributed by atoms with E-state index in [1.165, 1.54) is 23.1 Å². The number of nitrogens with zero attached hydrogens (tertiary/aromatic N) is 2. The van der Waals surface area contributed by atoms with Gasteiger partial charge in [0.2, 0.25) is 5.88 Å². The predicted molar refractivity (Wildman–Crippen MR) is 110 cm³/mol. The monoisotopic (exact) mass is 506 g/mol. The maximum absolute atomic E-state index is 12.8. The number of rotatable bonds is 5. The Labute approximate surface area is 195 Å². The highest BCUT2D eigenvalue weighted by atomic mass is 35.5. The summed E-state index contributed by atoms with van der Waals surface area (Å²) < 4.78 is 58.7. The second-order valence-electron chi connectivity index (χ2n) is 6.44. The number of alkyl halides is 3. The highest BCUT2D eigenvalue weighted by molar-refractivity contribution is 6.33. The lowest BCUT2D eigenvalue weighted by Gasteiger charge is -2.31. The number of halogens is 5. The normalized spacial score (nSPS) is 14.2. The molecule has 3 rings (SSSR count). The smallest absolute Gasteiger partial charge is 0.417 e. The summed E-state index contributed by atoms with van der Waals surface area (Å²) in [4.78, 5) is 29.4. The van der Waals surface area contributed by atoms with Gasteiger partial charge in [0.25, 0.3) is 0 Å². The zero-order chi connectivity index (χ0) is 24.3. The van der Waals surface area contributed by atoms with E-state index in [1.54, 1.807) is 0 Å². The van der Waals surface area contributed by atoms with Crippen molar-refractivity contribution in [1.29, 1.82) is 0 Å². The molecule has 2 aromatic rings. The number of carbonyl (C=O) groups excluding carboxylic acids is 2. The Morgan fingerprint density at radius 2 is 1.79 bits per heavy atom. The molecule has 0 aliphatic carbocycles. The van der Waals surface area contributed by atoms with Crippen LogP contribution in [-0.4, -0.2) is 44.5 Å². The van der Waals surface area contributed by atoms with Crippen LogP contribution in [0, 0.1) is 0 Å². The molecule has 0 fully saturated rings. The van der Waals surface area contributed by atoms with Gasteiger partial charge in [-0.1, -0.05) is 23.2 Å².